The van der Waals surface area contributed by atoms with Crippen molar-refractivity contribution >= 4 is 17.8 Å². The zero-order chi connectivity index (χ0) is 19.6. The number of carboxylic acid groups (broad SMARTS) is 2. The van der Waals surface area contributed by atoms with Crippen LogP contribution in [0.2, 0.25) is 0 Å². The monoisotopic (exact) mass is 371 g/mol. The Labute approximate surface area is 157 Å². The van der Waals surface area contributed by atoms with Gasteiger partial charge in [-0.05, 0) is 19.3 Å². The van der Waals surface area contributed by atoms with Crippen molar-refractivity contribution in [3.05, 3.63) is 0 Å². The summed E-state index contributed by atoms with van der Waals surface area (Å²) in [6.45, 7) is 1.90. The molecule has 0 aliphatic rings. The summed E-state index contributed by atoms with van der Waals surface area (Å²) < 4.78 is 0. The number of nitrogens with one attached hydrogen (secondary N) is 1. The number of carbonyl (C=O) groups excluding carboxylic acids is 1. The molecular weight excluding hydrogens is 334 g/mol. The van der Waals surface area contributed by atoms with Crippen molar-refractivity contribution in [1.82, 2.24) is 5.32 Å². The van der Waals surface area contributed by atoms with Gasteiger partial charge in [-0.15, -0.1) is 0 Å². The molecule has 0 rings (SSSR count). The minimum atomic E-state index is -0.956. The van der Waals surface area contributed by atoms with Gasteiger partial charge in [0, 0.05) is 12.8 Å². The van der Waals surface area contributed by atoms with E-state index < -0.39 is 18.0 Å². The van der Waals surface area contributed by atoms with Gasteiger partial charge in [-0.1, -0.05) is 71.1 Å². The van der Waals surface area contributed by atoms with E-state index in [0.717, 1.165) is 44.9 Å². The van der Waals surface area contributed by atoms with Gasteiger partial charge in [0.05, 0.1) is 0 Å². The minimum Gasteiger partial charge on any atom is -0.481 e. The average Bonchev–Trinajstić information content (AvgIpc) is 2.58. The Morgan fingerprint density at radius 2 is 1.15 bits per heavy atom. The standard InChI is InChI=1S/C20H37NO5/c1-2-14-17(20(25)26)21-18(22)15-12-10-8-6-4-3-5-7-9-11-13-16-19(23)24/h17H,2-16H2,1H3,(H,21,22)(H,23,24)(H,25,26)/t17-/m0/s1. The second-order valence-electron chi connectivity index (χ2n) is 7.03. The molecule has 0 aromatic heterocycles. The number of rotatable bonds is 18. The van der Waals surface area contributed by atoms with Crippen LogP contribution in [0.15, 0.2) is 0 Å². The van der Waals surface area contributed by atoms with Crippen LogP contribution in [0.3, 0.4) is 0 Å². The first-order valence-corrected chi connectivity index (χ1v) is 10.2. The molecule has 0 saturated heterocycles. The number of hydrogen-bond acceptors (Lipinski definition) is 3. The highest BCUT2D eigenvalue weighted by atomic mass is 16.4. The molecule has 0 fully saturated rings. The van der Waals surface area contributed by atoms with Crippen molar-refractivity contribution in [2.75, 3.05) is 0 Å². The Bertz CT molecular complexity index is 398. The fraction of sp³-hybridized carbons (Fsp3) is 0.850. The molecule has 0 bridgehead atoms. The Balaban J connectivity index is 3.38. The molecular formula is C20H37NO5. The lowest BCUT2D eigenvalue weighted by Gasteiger charge is -2.13. The Kier molecular flexibility index (Phi) is 15.8. The molecule has 0 spiro atoms. The van der Waals surface area contributed by atoms with E-state index in [9.17, 15) is 14.4 Å². The molecule has 0 heterocycles. The summed E-state index contributed by atoms with van der Waals surface area (Å²) in [6.07, 6.45) is 13.8. The van der Waals surface area contributed by atoms with Crippen molar-refractivity contribution < 1.29 is 24.6 Å². The van der Waals surface area contributed by atoms with E-state index in [4.69, 9.17) is 10.2 Å². The number of carboxylic acids is 2. The largest absolute Gasteiger partial charge is 0.481 e. The van der Waals surface area contributed by atoms with Crippen LogP contribution in [-0.4, -0.2) is 34.1 Å². The maximum Gasteiger partial charge on any atom is 0.326 e. The van der Waals surface area contributed by atoms with Gasteiger partial charge in [0.15, 0.2) is 0 Å². The van der Waals surface area contributed by atoms with E-state index >= 15 is 0 Å². The molecule has 0 unspecified atom stereocenters. The quantitative estimate of drug-likeness (QED) is 0.307. The van der Waals surface area contributed by atoms with Crippen LogP contribution in [0.25, 0.3) is 0 Å². The molecule has 0 aliphatic heterocycles. The molecule has 1 amide bonds. The summed E-state index contributed by atoms with van der Waals surface area (Å²) in [4.78, 5) is 33.1. The molecule has 6 heteroatoms. The van der Waals surface area contributed by atoms with Crippen LogP contribution in [0, 0.1) is 0 Å². The Morgan fingerprint density at radius 3 is 1.54 bits per heavy atom. The van der Waals surface area contributed by atoms with Crippen LogP contribution in [0.4, 0.5) is 0 Å². The van der Waals surface area contributed by atoms with Crippen LogP contribution < -0.4 is 5.32 Å². The van der Waals surface area contributed by atoms with E-state index in [0.29, 0.717) is 12.8 Å². The lowest BCUT2D eigenvalue weighted by Crippen LogP contribution is -2.40. The SMILES string of the molecule is CCC[C@H](NC(=O)CCCCCCCCCCCCCC(=O)O)C(=O)O. The van der Waals surface area contributed by atoms with E-state index in [2.05, 4.69) is 5.32 Å². The number of unbranched alkanes of at least 4 members (excludes halogenated alkanes) is 10. The predicted octanol–water partition coefficient (Wildman–Crippen LogP) is 4.51. The lowest BCUT2D eigenvalue weighted by molar-refractivity contribution is -0.142. The van der Waals surface area contributed by atoms with Crippen LogP contribution in [0.5, 0.6) is 0 Å². The van der Waals surface area contributed by atoms with Crippen LogP contribution in [0.1, 0.15) is 103 Å². The maximum atomic E-state index is 11.7. The van der Waals surface area contributed by atoms with E-state index in [1.54, 1.807) is 0 Å². The first kappa shape index (κ1) is 24.4. The third-order valence-corrected chi connectivity index (χ3v) is 4.51. The van der Waals surface area contributed by atoms with Gasteiger partial charge in [0.25, 0.3) is 0 Å². The average molecular weight is 372 g/mol. The van der Waals surface area contributed by atoms with Gasteiger partial charge in [0.2, 0.25) is 5.91 Å². The molecule has 0 aromatic rings. The summed E-state index contributed by atoms with van der Waals surface area (Å²) in [5.74, 6) is -1.82. The molecule has 26 heavy (non-hydrogen) atoms. The number of aliphatic carboxylic acids is 2. The van der Waals surface area contributed by atoms with E-state index in [1.165, 1.54) is 32.1 Å². The lowest BCUT2D eigenvalue weighted by atomic mass is 10.0. The van der Waals surface area contributed by atoms with E-state index in [1.807, 2.05) is 6.92 Å². The minimum absolute atomic E-state index is 0.159. The molecule has 152 valence electrons. The van der Waals surface area contributed by atoms with Gasteiger partial charge in [0.1, 0.15) is 6.04 Å². The molecule has 3 N–H and O–H groups in total. The van der Waals surface area contributed by atoms with Crippen molar-refractivity contribution in [2.24, 2.45) is 0 Å². The third kappa shape index (κ3) is 15.9. The highest BCUT2D eigenvalue weighted by Crippen LogP contribution is 2.12. The molecule has 0 aromatic carbocycles. The maximum absolute atomic E-state index is 11.7. The molecule has 1 atom stereocenters. The highest BCUT2D eigenvalue weighted by molar-refractivity contribution is 5.83. The first-order chi connectivity index (χ1) is 12.5. The summed E-state index contributed by atoms with van der Waals surface area (Å²) >= 11 is 0. The normalized spacial score (nSPS) is 11.9. The van der Waals surface area contributed by atoms with Crippen LogP contribution >= 0.6 is 0 Å². The van der Waals surface area contributed by atoms with E-state index in [-0.39, 0.29) is 12.3 Å². The number of hydrogen-bond donors (Lipinski definition) is 3. The Morgan fingerprint density at radius 1 is 0.731 bits per heavy atom. The molecule has 0 saturated carbocycles. The predicted molar refractivity (Wildman–Crippen MR) is 102 cm³/mol. The fourth-order valence-corrected chi connectivity index (χ4v) is 2.97. The van der Waals surface area contributed by atoms with Crippen molar-refractivity contribution in [2.45, 2.75) is 109 Å². The van der Waals surface area contributed by atoms with Crippen molar-refractivity contribution in [3.63, 3.8) is 0 Å². The van der Waals surface area contributed by atoms with Gasteiger partial charge in [-0.25, -0.2) is 4.79 Å². The van der Waals surface area contributed by atoms with Crippen molar-refractivity contribution in [3.8, 4) is 0 Å². The summed E-state index contributed by atoms with van der Waals surface area (Å²) in [6, 6.07) is -0.753. The fourth-order valence-electron chi connectivity index (χ4n) is 2.97. The third-order valence-electron chi connectivity index (χ3n) is 4.51. The zero-order valence-corrected chi connectivity index (χ0v) is 16.3. The second kappa shape index (κ2) is 16.9. The molecule has 6 nitrogen and oxygen atoms in total. The van der Waals surface area contributed by atoms with Gasteiger partial charge in [-0.3, -0.25) is 9.59 Å². The van der Waals surface area contributed by atoms with Gasteiger partial charge >= 0.3 is 11.9 Å². The molecule has 0 radical (unpaired) electrons. The smallest absolute Gasteiger partial charge is 0.326 e. The highest BCUT2D eigenvalue weighted by Gasteiger charge is 2.18. The summed E-state index contributed by atoms with van der Waals surface area (Å²) in [5, 5.41) is 20.1. The van der Waals surface area contributed by atoms with Gasteiger partial charge in [-0.2, -0.15) is 0 Å². The molecule has 0 aliphatic carbocycles. The topological polar surface area (TPSA) is 104 Å². The first-order valence-electron chi connectivity index (χ1n) is 10.2. The second-order valence-corrected chi connectivity index (χ2v) is 7.03. The zero-order valence-electron chi connectivity index (χ0n) is 16.3. The van der Waals surface area contributed by atoms with Gasteiger partial charge < -0.3 is 15.5 Å². The number of amides is 1. The van der Waals surface area contributed by atoms with Crippen LogP contribution in [-0.2, 0) is 14.4 Å². The van der Waals surface area contributed by atoms with Crippen molar-refractivity contribution in [1.29, 1.82) is 0 Å². The summed E-state index contributed by atoms with van der Waals surface area (Å²) in [7, 11) is 0. The summed E-state index contributed by atoms with van der Waals surface area (Å²) in [5.41, 5.74) is 0. The Hall–Kier alpha value is -1.59. The number of carbonyl (C=O) groups is 3.